The number of hydrogen-bond donors (Lipinski definition) is 0. The van der Waals surface area contributed by atoms with Crippen molar-refractivity contribution in [3.05, 3.63) is 0 Å². The maximum absolute atomic E-state index is 11.0. The van der Waals surface area contributed by atoms with Crippen LogP contribution in [-0.4, -0.2) is 38.1 Å². The molecule has 0 aliphatic rings. The average Bonchev–Trinajstić information content (AvgIpc) is 2.03. The number of carbonyl (C=O) groups is 1. The molecule has 3 heteroatoms. The molecule has 0 aliphatic heterocycles. The first-order chi connectivity index (χ1) is 5.22. The zero-order chi connectivity index (χ0) is 8.69. The molecule has 0 aromatic carbocycles. The third-order valence-corrected chi connectivity index (χ3v) is 1.57. The zero-order valence-electron chi connectivity index (χ0n) is 7.59. The second-order valence-electron chi connectivity index (χ2n) is 2.52. The summed E-state index contributed by atoms with van der Waals surface area (Å²) in [6, 6.07) is 0. The molecule has 0 atom stereocenters. The Morgan fingerprint density at radius 1 is 1.55 bits per heavy atom. The van der Waals surface area contributed by atoms with Crippen molar-refractivity contribution < 1.29 is 9.53 Å². The summed E-state index contributed by atoms with van der Waals surface area (Å²) in [6.07, 6.45) is 1.50. The van der Waals surface area contributed by atoms with Crippen LogP contribution in [0.2, 0.25) is 0 Å². The summed E-state index contributed by atoms with van der Waals surface area (Å²) < 4.78 is 4.87. The van der Waals surface area contributed by atoms with Crippen LogP contribution in [0.4, 0.5) is 0 Å². The van der Waals surface area contributed by atoms with E-state index in [2.05, 4.69) is 0 Å². The minimum Gasteiger partial charge on any atom is -0.385 e. The monoisotopic (exact) mass is 159 g/mol. The normalized spacial score (nSPS) is 9.73. The molecule has 11 heavy (non-hydrogen) atoms. The predicted molar refractivity (Wildman–Crippen MR) is 44.4 cm³/mol. The van der Waals surface area contributed by atoms with Crippen LogP contribution < -0.4 is 0 Å². The highest BCUT2D eigenvalue weighted by Crippen LogP contribution is 1.91. The second-order valence-corrected chi connectivity index (χ2v) is 2.52. The number of nitrogens with zero attached hydrogens (tertiary/aromatic N) is 1. The standard InChI is InChI=1S/C8H17NO2/c1-4-8(10)9(2)6-5-7-11-3/h4-7H2,1-3H3. The fraction of sp³-hybridized carbons (Fsp3) is 0.875. The van der Waals surface area contributed by atoms with Crippen LogP contribution in [0.1, 0.15) is 19.8 Å². The Kier molecular flexibility index (Phi) is 5.84. The van der Waals surface area contributed by atoms with Crippen molar-refractivity contribution in [1.82, 2.24) is 4.90 Å². The highest BCUT2D eigenvalue weighted by molar-refractivity contribution is 5.75. The fourth-order valence-electron chi connectivity index (χ4n) is 0.841. The Labute approximate surface area is 68.3 Å². The topological polar surface area (TPSA) is 29.5 Å². The van der Waals surface area contributed by atoms with E-state index in [1.807, 2.05) is 14.0 Å². The van der Waals surface area contributed by atoms with Crippen molar-refractivity contribution >= 4 is 5.91 Å². The summed E-state index contributed by atoms with van der Waals surface area (Å²) in [7, 11) is 3.49. The minimum atomic E-state index is 0.195. The van der Waals surface area contributed by atoms with E-state index in [1.54, 1.807) is 12.0 Å². The predicted octanol–water partition coefficient (Wildman–Crippen LogP) is 0.891. The van der Waals surface area contributed by atoms with E-state index in [0.717, 1.165) is 19.6 Å². The van der Waals surface area contributed by atoms with Gasteiger partial charge in [0, 0.05) is 33.7 Å². The maximum atomic E-state index is 11.0. The number of carbonyl (C=O) groups excluding carboxylic acids is 1. The van der Waals surface area contributed by atoms with E-state index in [4.69, 9.17) is 4.74 Å². The largest absolute Gasteiger partial charge is 0.385 e. The van der Waals surface area contributed by atoms with Crippen LogP contribution in [0.3, 0.4) is 0 Å². The lowest BCUT2D eigenvalue weighted by Gasteiger charge is -2.15. The Morgan fingerprint density at radius 2 is 2.18 bits per heavy atom. The lowest BCUT2D eigenvalue weighted by Crippen LogP contribution is -2.27. The molecule has 0 aliphatic carbocycles. The van der Waals surface area contributed by atoms with Gasteiger partial charge in [0.25, 0.3) is 0 Å². The molecule has 0 heterocycles. The molecule has 66 valence electrons. The summed E-state index contributed by atoms with van der Waals surface area (Å²) in [6.45, 7) is 3.39. The van der Waals surface area contributed by atoms with Gasteiger partial charge in [-0.25, -0.2) is 0 Å². The average molecular weight is 159 g/mol. The van der Waals surface area contributed by atoms with E-state index in [0.29, 0.717) is 6.42 Å². The lowest BCUT2D eigenvalue weighted by atomic mass is 10.3. The third kappa shape index (κ3) is 4.79. The van der Waals surface area contributed by atoms with Gasteiger partial charge in [0.15, 0.2) is 0 Å². The van der Waals surface area contributed by atoms with Gasteiger partial charge in [0.05, 0.1) is 0 Å². The summed E-state index contributed by atoms with van der Waals surface area (Å²) in [5.41, 5.74) is 0. The van der Waals surface area contributed by atoms with E-state index in [1.165, 1.54) is 0 Å². The zero-order valence-corrected chi connectivity index (χ0v) is 7.59. The quantitative estimate of drug-likeness (QED) is 0.557. The van der Waals surface area contributed by atoms with Crippen molar-refractivity contribution in [2.45, 2.75) is 19.8 Å². The molecular formula is C8H17NO2. The number of hydrogen-bond acceptors (Lipinski definition) is 2. The molecule has 0 N–H and O–H groups in total. The van der Waals surface area contributed by atoms with E-state index < -0.39 is 0 Å². The maximum Gasteiger partial charge on any atom is 0.222 e. The molecule has 0 aromatic rings. The van der Waals surface area contributed by atoms with Gasteiger partial charge in [-0.1, -0.05) is 6.92 Å². The molecule has 1 amide bonds. The first kappa shape index (κ1) is 10.4. The van der Waals surface area contributed by atoms with Gasteiger partial charge in [0.1, 0.15) is 0 Å². The summed E-state index contributed by atoms with van der Waals surface area (Å²) in [5, 5.41) is 0. The SMILES string of the molecule is CCC(=O)N(C)CCCOC. The third-order valence-electron chi connectivity index (χ3n) is 1.57. The van der Waals surface area contributed by atoms with Crippen LogP contribution in [0.25, 0.3) is 0 Å². The van der Waals surface area contributed by atoms with Gasteiger partial charge < -0.3 is 9.64 Å². The van der Waals surface area contributed by atoms with Crippen molar-refractivity contribution in [1.29, 1.82) is 0 Å². The second kappa shape index (κ2) is 6.16. The van der Waals surface area contributed by atoms with Gasteiger partial charge in [-0.15, -0.1) is 0 Å². The number of amides is 1. The van der Waals surface area contributed by atoms with Crippen LogP contribution in [0.15, 0.2) is 0 Å². The van der Waals surface area contributed by atoms with Crippen molar-refractivity contribution in [2.75, 3.05) is 27.3 Å². The van der Waals surface area contributed by atoms with Gasteiger partial charge >= 0.3 is 0 Å². The molecule has 3 nitrogen and oxygen atoms in total. The van der Waals surface area contributed by atoms with Crippen molar-refractivity contribution in [2.24, 2.45) is 0 Å². The van der Waals surface area contributed by atoms with Crippen molar-refractivity contribution in [3.63, 3.8) is 0 Å². The van der Waals surface area contributed by atoms with Crippen LogP contribution in [0.5, 0.6) is 0 Å². The highest BCUT2D eigenvalue weighted by atomic mass is 16.5. The lowest BCUT2D eigenvalue weighted by molar-refractivity contribution is -0.129. The highest BCUT2D eigenvalue weighted by Gasteiger charge is 2.03. The van der Waals surface area contributed by atoms with E-state index in [-0.39, 0.29) is 5.91 Å². The molecule has 0 radical (unpaired) electrons. The molecule has 0 fully saturated rings. The van der Waals surface area contributed by atoms with Crippen LogP contribution in [-0.2, 0) is 9.53 Å². The molecule has 0 spiro atoms. The molecule has 0 rings (SSSR count). The van der Waals surface area contributed by atoms with Crippen LogP contribution >= 0.6 is 0 Å². The Morgan fingerprint density at radius 3 is 2.64 bits per heavy atom. The van der Waals surface area contributed by atoms with Gasteiger partial charge in [-0.2, -0.15) is 0 Å². The smallest absolute Gasteiger partial charge is 0.222 e. The van der Waals surface area contributed by atoms with Crippen molar-refractivity contribution in [3.8, 4) is 0 Å². The van der Waals surface area contributed by atoms with Gasteiger partial charge in [-0.05, 0) is 6.42 Å². The van der Waals surface area contributed by atoms with E-state index in [9.17, 15) is 4.79 Å². The first-order valence-electron chi connectivity index (χ1n) is 3.95. The molecule has 0 saturated carbocycles. The Bertz CT molecular complexity index is 115. The Balaban J connectivity index is 3.36. The van der Waals surface area contributed by atoms with Gasteiger partial charge in [-0.3, -0.25) is 4.79 Å². The number of rotatable bonds is 5. The molecule has 0 saturated heterocycles. The molecule has 0 unspecified atom stereocenters. The number of ether oxygens (including phenoxy) is 1. The summed E-state index contributed by atoms with van der Waals surface area (Å²) in [5.74, 6) is 0.195. The molecular weight excluding hydrogens is 142 g/mol. The molecule has 0 aromatic heterocycles. The summed E-state index contributed by atoms with van der Waals surface area (Å²) in [4.78, 5) is 12.7. The molecule has 0 bridgehead atoms. The van der Waals surface area contributed by atoms with E-state index >= 15 is 0 Å². The Hall–Kier alpha value is -0.570. The first-order valence-corrected chi connectivity index (χ1v) is 3.95. The van der Waals surface area contributed by atoms with Crippen LogP contribution in [0, 0.1) is 0 Å². The number of methoxy groups -OCH3 is 1. The summed E-state index contributed by atoms with van der Waals surface area (Å²) >= 11 is 0. The van der Waals surface area contributed by atoms with Gasteiger partial charge in [0.2, 0.25) is 5.91 Å². The fourth-order valence-corrected chi connectivity index (χ4v) is 0.841. The minimum absolute atomic E-state index is 0.195.